The monoisotopic (exact) mass is 217 g/mol. The van der Waals surface area contributed by atoms with Crippen molar-refractivity contribution in [3.8, 4) is 0 Å². The summed E-state index contributed by atoms with van der Waals surface area (Å²) in [6.07, 6.45) is 2.16. The van der Waals surface area contributed by atoms with Gasteiger partial charge in [-0.2, -0.15) is 0 Å². The van der Waals surface area contributed by atoms with Gasteiger partial charge in [0.25, 0.3) is 0 Å². The van der Waals surface area contributed by atoms with E-state index in [1.165, 1.54) is 0 Å². The van der Waals surface area contributed by atoms with Crippen LogP contribution in [0.3, 0.4) is 0 Å². The normalized spacial score (nSPS) is 14.1. The third-order valence-corrected chi connectivity index (χ3v) is 3.37. The van der Waals surface area contributed by atoms with Crippen molar-refractivity contribution < 1.29 is 12.8 Å². The Hall–Kier alpha value is -0.810. The highest BCUT2D eigenvalue weighted by Gasteiger charge is 2.12. The predicted molar refractivity (Wildman–Crippen MR) is 54.5 cm³/mol. The molecule has 1 N–H and O–H groups in total. The van der Waals surface area contributed by atoms with E-state index in [1.807, 2.05) is 13.0 Å². The number of nitrogens with one attached hydrogen (secondary N) is 1. The van der Waals surface area contributed by atoms with Crippen LogP contribution in [0.5, 0.6) is 0 Å². The molecule has 1 unspecified atom stereocenters. The van der Waals surface area contributed by atoms with E-state index in [0.29, 0.717) is 6.42 Å². The van der Waals surface area contributed by atoms with Gasteiger partial charge in [-0.3, -0.25) is 0 Å². The maximum absolute atomic E-state index is 11.2. The largest absolute Gasteiger partial charge is 0.469 e. The van der Waals surface area contributed by atoms with Crippen molar-refractivity contribution in [1.29, 1.82) is 0 Å². The molecule has 1 atom stereocenters. The second-order valence-electron chi connectivity index (χ2n) is 3.21. The second kappa shape index (κ2) is 4.61. The molecular weight excluding hydrogens is 202 g/mol. The summed E-state index contributed by atoms with van der Waals surface area (Å²) < 4.78 is 30.1. The molecule has 0 spiro atoms. The Kier molecular flexibility index (Phi) is 3.71. The van der Waals surface area contributed by atoms with E-state index in [2.05, 4.69) is 4.72 Å². The summed E-state index contributed by atoms with van der Waals surface area (Å²) in [5, 5.41) is 0. The van der Waals surface area contributed by atoms with Crippen LogP contribution in [0, 0.1) is 0 Å². The van der Waals surface area contributed by atoms with Crippen LogP contribution in [-0.4, -0.2) is 20.2 Å². The fourth-order valence-corrected chi connectivity index (χ4v) is 2.03. The third kappa shape index (κ3) is 3.51. The molecule has 0 aliphatic rings. The van der Waals surface area contributed by atoms with Gasteiger partial charge in [-0.05, 0) is 26.0 Å². The maximum Gasteiger partial charge on any atom is 0.211 e. The summed E-state index contributed by atoms with van der Waals surface area (Å²) in [4.78, 5) is 0. The molecule has 0 aliphatic heterocycles. The number of furan rings is 1. The van der Waals surface area contributed by atoms with E-state index in [9.17, 15) is 8.42 Å². The van der Waals surface area contributed by atoms with Crippen LogP contribution < -0.4 is 4.72 Å². The van der Waals surface area contributed by atoms with Crippen molar-refractivity contribution in [3.63, 3.8) is 0 Å². The molecule has 5 heteroatoms. The Morgan fingerprint density at radius 3 is 2.79 bits per heavy atom. The molecule has 0 saturated heterocycles. The molecule has 4 nitrogen and oxygen atoms in total. The van der Waals surface area contributed by atoms with Crippen LogP contribution in [0.1, 0.15) is 19.6 Å². The summed E-state index contributed by atoms with van der Waals surface area (Å²) in [5.74, 6) is 0.895. The van der Waals surface area contributed by atoms with Crippen molar-refractivity contribution in [2.24, 2.45) is 0 Å². The summed E-state index contributed by atoms with van der Waals surface area (Å²) >= 11 is 0. The Labute approximate surface area is 84.4 Å². The first-order chi connectivity index (χ1) is 6.53. The van der Waals surface area contributed by atoms with Crippen LogP contribution in [0.25, 0.3) is 0 Å². The Morgan fingerprint density at radius 1 is 1.57 bits per heavy atom. The van der Waals surface area contributed by atoms with Crippen LogP contribution in [0.4, 0.5) is 0 Å². The number of rotatable bonds is 5. The van der Waals surface area contributed by atoms with Crippen molar-refractivity contribution in [3.05, 3.63) is 24.2 Å². The summed E-state index contributed by atoms with van der Waals surface area (Å²) in [6.45, 7) is 3.43. The van der Waals surface area contributed by atoms with Gasteiger partial charge in [0.1, 0.15) is 5.76 Å². The maximum atomic E-state index is 11.2. The molecule has 0 saturated carbocycles. The van der Waals surface area contributed by atoms with E-state index >= 15 is 0 Å². The van der Waals surface area contributed by atoms with E-state index in [1.54, 1.807) is 19.3 Å². The SMILES string of the molecule is CCS(=O)(=O)NC(C)Cc1ccco1. The minimum absolute atomic E-state index is 0.107. The van der Waals surface area contributed by atoms with Crippen molar-refractivity contribution >= 4 is 10.0 Å². The fourth-order valence-electron chi connectivity index (χ4n) is 1.16. The summed E-state index contributed by atoms with van der Waals surface area (Å²) in [7, 11) is -3.11. The summed E-state index contributed by atoms with van der Waals surface area (Å²) in [5.41, 5.74) is 0. The molecule has 0 aliphatic carbocycles. The van der Waals surface area contributed by atoms with E-state index < -0.39 is 10.0 Å². The van der Waals surface area contributed by atoms with Crippen LogP contribution in [0.2, 0.25) is 0 Å². The minimum Gasteiger partial charge on any atom is -0.469 e. The molecule has 1 heterocycles. The lowest BCUT2D eigenvalue weighted by molar-refractivity contribution is 0.479. The lowest BCUT2D eigenvalue weighted by atomic mass is 10.2. The quantitative estimate of drug-likeness (QED) is 0.804. The number of hydrogen-bond donors (Lipinski definition) is 1. The van der Waals surface area contributed by atoms with Gasteiger partial charge in [-0.15, -0.1) is 0 Å². The average molecular weight is 217 g/mol. The predicted octanol–water partition coefficient (Wildman–Crippen LogP) is 1.15. The molecule has 0 fully saturated rings. The van der Waals surface area contributed by atoms with Gasteiger partial charge >= 0.3 is 0 Å². The first-order valence-corrected chi connectivity index (χ1v) is 6.21. The molecule has 14 heavy (non-hydrogen) atoms. The Morgan fingerprint density at radius 2 is 2.29 bits per heavy atom. The Balaban J connectivity index is 2.48. The standard InChI is InChI=1S/C9H15NO3S/c1-3-14(11,12)10-8(2)7-9-5-4-6-13-9/h4-6,8,10H,3,7H2,1-2H3. The zero-order valence-electron chi connectivity index (χ0n) is 8.36. The molecule has 1 rings (SSSR count). The first kappa shape index (κ1) is 11.3. The van der Waals surface area contributed by atoms with Crippen molar-refractivity contribution in [1.82, 2.24) is 4.72 Å². The van der Waals surface area contributed by atoms with Gasteiger partial charge in [0.15, 0.2) is 0 Å². The Bertz CT molecular complexity index is 355. The van der Waals surface area contributed by atoms with Gasteiger partial charge in [0.05, 0.1) is 12.0 Å². The molecule has 80 valence electrons. The van der Waals surface area contributed by atoms with Gasteiger partial charge in [-0.1, -0.05) is 0 Å². The molecule has 1 aromatic rings. The van der Waals surface area contributed by atoms with Gasteiger partial charge in [-0.25, -0.2) is 13.1 Å². The van der Waals surface area contributed by atoms with Crippen molar-refractivity contribution in [2.75, 3.05) is 5.75 Å². The smallest absolute Gasteiger partial charge is 0.211 e. The summed E-state index contributed by atoms with van der Waals surface area (Å²) in [6, 6.07) is 3.48. The molecular formula is C9H15NO3S. The number of sulfonamides is 1. The highest BCUT2D eigenvalue weighted by atomic mass is 32.2. The van der Waals surface area contributed by atoms with Crippen LogP contribution in [-0.2, 0) is 16.4 Å². The van der Waals surface area contributed by atoms with E-state index in [4.69, 9.17) is 4.42 Å². The zero-order chi connectivity index (χ0) is 10.6. The fraction of sp³-hybridized carbons (Fsp3) is 0.556. The molecule has 0 bridgehead atoms. The van der Waals surface area contributed by atoms with Crippen LogP contribution in [0.15, 0.2) is 22.8 Å². The lowest BCUT2D eigenvalue weighted by Crippen LogP contribution is -2.35. The third-order valence-electron chi connectivity index (χ3n) is 1.85. The highest BCUT2D eigenvalue weighted by molar-refractivity contribution is 7.89. The topological polar surface area (TPSA) is 59.3 Å². The van der Waals surface area contributed by atoms with Crippen molar-refractivity contribution in [2.45, 2.75) is 26.3 Å². The lowest BCUT2D eigenvalue weighted by Gasteiger charge is -2.11. The minimum atomic E-state index is -3.11. The second-order valence-corrected chi connectivity index (χ2v) is 5.25. The first-order valence-electron chi connectivity index (χ1n) is 4.56. The molecule has 0 amide bonds. The van der Waals surface area contributed by atoms with Gasteiger partial charge < -0.3 is 4.42 Å². The average Bonchev–Trinajstić information content (AvgIpc) is 2.55. The van der Waals surface area contributed by atoms with Crippen LogP contribution >= 0.6 is 0 Å². The van der Waals surface area contributed by atoms with E-state index in [-0.39, 0.29) is 11.8 Å². The molecule has 0 radical (unpaired) electrons. The zero-order valence-corrected chi connectivity index (χ0v) is 9.17. The highest BCUT2D eigenvalue weighted by Crippen LogP contribution is 2.04. The molecule has 1 aromatic heterocycles. The van der Waals surface area contributed by atoms with Gasteiger partial charge in [0.2, 0.25) is 10.0 Å². The van der Waals surface area contributed by atoms with E-state index in [0.717, 1.165) is 5.76 Å². The number of hydrogen-bond acceptors (Lipinski definition) is 3. The molecule has 0 aromatic carbocycles. The van der Waals surface area contributed by atoms with Gasteiger partial charge in [0, 0.05) is 12.5 Å².